The Morgan fingerprint density at radius 3 is 2.65 bits per heavy atom. The van der Waals surface area contributed by atoms with Gasteiger partial charge in [0.2, 0.25) is 0 Å². The van der Waals surface area contributed by atoms with Crippen LogP contribution in [-0.4, -0.2) is 12.1 Å². The number of nitrogens with zero attached hydrogens (tertiary/aromatic N) is 1. The molecule has 1 saturated carbocycles. The van der Waals surface area contributed by atoms with Crippen molar-refractivity contribution in [3.05, 3.63) is 39.1 Å². The van der Waals surface area contributed by atoms with Crippen LogP contribution in [0.15, 0.2) is 34.1 Å². The lowest BCUT2D eigenvalue weighted by Crippen LogP contribution is -2.30. The smallest absolute Gasteiger partial charge is 0.125 e. The zero-order chi connectivity index (χ0) is 14.0. The third-order valence-corrected chi connectivity index (χ3v) is 5.81. The molecule has 106 valence electrons. The molecular weight excluding hydrogens is 334 g/mol. The zero-order valence-electron chi connectivity index (χ0n) is 11.6. The molecule has 0 saturated heterocycles. The fourth-order valence-electron chi connectivity index (χ4n) is 2.90. The van der Waals surface area contributed by atoms with Gasteiger partial charge >= 0.3 is 0 Å². The van der Waals surface area contributed by atoms with Crippen LogP contribution in [0.1, 0.15) is 37.1 Å². The lowest BCUT2D eigenvalue weighted by atomic mass is 9.85. The van der Waals surface area contributed by atoms with Gasteiger partial charge in [0, 0.05) is 22.5 Å². The molecule has 1 aliphatic carbocycles. The van der Waals surface area contributed by atoms with Crippen molar-refractivity contribution >= 4 is 27.3 Å². The Morgan fingerprint density at radius 2 is 1.95 bits per heavy atom. The molecule has 0 unspecified atom stereocenters. The van der Waals surface area contributed by atoms with Crippen LogP contribution in [-0.2, 0) is 10.3 Å². The number of ether oxygens (including phenoxy) is 1. The summed E-state index contributed by atoms with van der Waals surface area (Å²) in [6, 6.07) is 8.23. The van der Waals surface area contributed by atoms with Crippen LogP contribution in [0.5, 0.6) is 0 Å². The summed E-state index contributed by atoms with van der Waals surface area (Å²) in [5.41, 5.74) is 2.04. The molecule has 1 aromatic heterocycles. The van der Waals surface area contributed by atoms with Gasteiger partial charge in [-0.05, 0) is 18.9 Å². The van der Waals surface area contributed by atoms with Crippen molar-refractivity contribution in [2.24, 2.45) is 0 Å². The number of aromatic nitrogens is 1. The molecule has 0 radical (unpaired) electrons. The highest BCUT2D eigenvalue weighted by Gasteiger charge is 2.36. The summed E-state index contributed by atoms with van der Waals surface area (Å²) < 4.78 is 6.97. The average molecular weight is 352 g/mol. The van der Waals surface area contributed by atoms with E-state index in [1.165, 1.54) is 19.3 Å². The van der Waals surface area contributed by atoms with Gasteiger partial charge in [0.1, 0.15) is 10.6 Å². The van der Waals surface area contributed by atoms with Crippen LogP contribution in [0.25, 0.3) is 11.3 Å². The molecule has 3 rings (SSSR count). The van der Waals surface area contributed by atoms with Crippen LogP contribution in [0, 0.1) is 0 Å². The van der Waals surface area contributed by atoms with Crippen molar-refractivity contribution in [1.82, 2.24) is 4.98 Å². The van der Waals surface area contributed by atoms with Crippen LogP contribution >= 0.6 is 27.3 Å². The van der Waals surface area contributed by atoms with Gasteiger partial charge in [-0.3, -0.25) is 0 Å². The van der Waals surface area contributed by atoms with Gasteiger partial charge < -0.3 is 4.74 Å². The summed E-state index contributed by atoms with van der Waals surface area (Å²) in [7, 11) is 1.82. The first-order valence-corrected chi connectivity index (χ1v) is 8.68. The van der Waals surface area contributed by atoms with Crippen LogP contribution in [0.2, 0.25) is 0 Å². The molecule has 0 bridgehead atoms. The Bertz CT molecular complexity index is 590. The SMILES string of the molecule is COC1(c2nc(-c3ccccc3Br)cs2)CCCCC1. The molecule has 1 aromatic carbocycles. The van der Waals surface area contributed by atoms with E-state index >= 15 is 0 Å². The lowest BCUT2D eigenvalue weighted by Gasteiger charge is -2.34. The molecule has 0 N–H and O–H groups in total. The van der Waals surface area contributed by atoms with Gasteiger partial charge in [-0.2, -0.15) is 0 Å². The maximum Gasteiger partial charge on any atom is 0.125 e. The lowest BCUT2D eigenvalue weighted by molar-refractivity contribution is -0.0445. The summed E-state index contributed by atoms with van der Waals surface area (Å²) in [6.45, 7) is 0. The molecule has 2 aromatic rings. The number of hydrogen-bond donors (Lipinski definition) is 0. The molecular formula is C16H18BrNOS. The van der Waals surface area contributed by atoms with Crippen LogP contribution in [0.4, 0.5) is 0 Å². The van der Waals surface area contributed by atoms with Crippen molar-refractivity contribution in [2.45, 2.75) is 37.7 Å². The Labute approximate surface area is 132 Å². The first-order chi connectivity index (χ1) is 9.75. The van der Waals surface area contributed by atoms with E-state index in [4.69, 9.17) is 9.72 Å². The third-order valence-electron chi connectivity index (χ3n) is 4.10. The number of rotatable bonds is 3. The minimum absolute atomic E-state index is 0.150. The Morgan fingerprint density at radius 1 is 1.20 bits per heavy atom. The predicted octanol–water partition coefficient (Wildman–Crippen LogP) is 5.38. The first kappa shape index (κ1) is 14.2. The summed E-state index contributed by atoms with van der Waals surface area (Å²) in [4.78, 5) is 4.87. The van der Waals surface area contributed by atoms with E-state index in [0.29, 0.717) is 0 Å². The van der Waals surface area contributed by atoms with Gasteiger partial charge in [0.05, 0.1) is 5.69 Å². The van der Waals surface area contributed by atoms with E-state index < -0.39 is 0 Å². The second-order valence-corrected chi connectivity index (χ2v) is 6.99. The van der Waals surface area contributed by atoms with E-state index in [0.717, 1.165) is 33.6 Å². The van der Waals surface area contributed by atoms with Crippen LogP contribution in [0.3, 0.4) is 0 Å². The molecule has 0 aliphatic heterocycles. The van der Waals surface area contributed by atoms with E-state index in [9.17, 15) is 0 Å². The molecule has 20 heavy (non-hydrogen) atoms. The maximum absolute atomic E-state index is 5.88. The fourth-order valence-corrected chi connectivity index (χ4v) is 4.45. The third kappa shape index (κ3) is 2.57. The largest absolute Gasteiger partial charge is 0.371 e. The molecule has 1 fully saturated rings. The highest BCUT2D eigenvalue weighted by Crippen LogP contribution is 2.42. The Balaban J connectivity index is 1.95. The van der Waals surface area contributed by atoms with E-state index in [1.807, 2.05) is 19.2 Å². The average Bonchev–Trinajstić information content (AvgIpc) is 2.98. The molecule has 0 amide bonds. The molecule has 1 aliphatic rings. The quantitative estimate of drug-likeness (QED) is 0.740. The molecule has 0 atom stereocenters. The van der Waals surface area contributed by atoms with Gasteiger partial charge in [-0.15, -0.1) is 11.3 Å². The number of methoxy groups -OCH3 is 1. The standard InChI is InChI=1S/C16H18BrNOS/c1-19-16(9-5-2-6-10-16)15-18-14(11-20-15)12-7-3-4-8-13(12)17/h3-4,7-8,11H,2,5-6,9-10H2,1H3. The maximum atomic E-state index is 5.88. The molecule has 4 heteroatoms. The van der Waals surface area contributed by atoms with Crippen LogP contribution < -0.4 is 0 Å². The molecule has 0 spiro atoms. The summed E-state index contributed by atoms with van der Waals surface area (Å²) in [5, 5.41) is 3.27. The van der Waals surface area contributed by atoms with Crippen molar-refractivity contribution < 1.29 is 4.74 Å². The fraction of sp³-hybridized carbons (Fsp3) is 0.438. The van der Waals surface area contributed by atoms with Crippen molar-refractivity contribution in [3.63, 3.8) is 0 Å². The second kappa shape index (κ2) is 5.96. The van der Waals surface area contributed by atoms with E-state index in [2.05, 4.69) is 33.4 Å². The summed E-state index contributed by atoms with van der Waals surface area (Å²) in [6.07, 6.45) is 5.96. The molecule has 2 nitrogen and oxygen atoms in total. The monoisotopic (exact) mass is 351 g/mol. The summed E-state index contributed by atoms with van der Waals surface area (Å²) >= 11 is 5.33. The Hall–Kier alpha value is -0.710. The normalized spacial score (nSPS) is 18.1. The zero-order valence-corrected chi connectivity index (χ0v) is 14.0. The number of halogens is 1. The predicted molar refractivity (Wildman–Crippen MR) is 87.0 cm³/mol. The summed E-state index contributed by atoms with van der Waals surface area (Å²) in [5.74, 6) is 0. The van der Waals surface area contributed by atoms with Gasteiger partial charge in [-0.1, -0.05) is 53.4 Å². The second-order valence-electron chi connectivity index (χ2n) is 5.28. The Kier molecular flexibility index (Phi) is 4.24. The minimum Gasteiger partial charge on any atom is -0.371 e. The highest BCUT2D eigenvalue weighted by molar-refractivity contribution is 9.10. The van der Waals surface area contributed by atoms with E-state index in [1.54, 1.807) is 11.3 Å². The number of hydrogen-bond acceptors (Lipinski definition) is 3. The van der Waals surface area contributed by atoms with Crippen molar-refractivity contribution in [3.8, 4) is 11.3 Å². The van der Waals surface area contributed by atoms with Gasteiger partial charge in [0.25, 0.3) is 0 Å². The molecule has 1 heterocycles. The number of benzene rings is 1. The minimum atomic E-state index is -0.150. The van der Waals surface area contributed by atoms with Crippen molar-refractivity contribution in [1.29, 1.82) is 0 Å². The number of thiazole rings is 1. The first-order valence-electron chi connectivity index (χ1n) is 7.01. The van der Waals surface area contributed by atoms with Gasteiger partial charge in [0.15, 0.2) is 0 Å². The van der Waals surface area contributed by atoms with E-state index in [-0.39, 0.29) is 5.60 Å². The van der Waals surface area contributed by atoms with Crippen molar-refractivity contribution in [2.75, 3.05) is 7.11 Å². The highest BCUT2D eigenvalue weighted by atomic mass is 79.9. The van der Waals surface area contributed by atoms with Gasteiger partial charge in [-0.25, -0.2) is 4.98 Å². The topological polar surface area (TPSA) is 22.1 Å².